The number of rotatable bonds is 10. The average Bonchev–Trinajstić information content (AvgIpc) is 2.44. The molecule has 2 nitrogen and oxygen atoms in total. The Morgan fingerprint density at radius 3 is 2.74 bits per heavy atom. The van der Waals surface area contributed by atoms with E-state index in [9.17, 15) is 0 Å². The van der Waals surface area contributed by atoms with Gasteiger partial charge in [0.25, 0.3) is 0 Å². The van der Waals surface area contributed by atoms with E-state index < -0.39 is 0 Å². The summed E-state index contributed by atoms with van der Waals surface area (Å²) < 4.78 is 5.72. The fraction of sp³-hybridized carbons (Fsp3) is 0.529. The number of unbranched alkanes of at least 4 members (excludes halogenated alkanes) is 2. The number of hydrogen-bond donors (Lipinski definition) is 1. The van der Waals surface area contributed by atoms with Gasteiger partial charge in [0.1, 0.15) is 0 Å². The van der Waals surface area contributed by atoms with Crippen LogP contribution >= 0.6 is 0 Å². The summed E-state index contributed by atoms with van der Waals surface area (Å²) >= 11 is 0. The Labute approximate surface area is 117 Å². The zero-order valence-corrected chi connectivity index (χ0v) is 12.3. The molecule has 1 unspecified atom stereocenters. The normalized spacial score (nSPS) is 12.9. The summed E-state index contributed by atoms with van der Waals surface area (Å²) in [5, 5.41) is 3.43. The molecule has 0 aliphatic heterocycles. The minimum atomic E-state index is 0.266. The number of hydrogen-bond acceptors (Lipinski definition) is 2. The summed E-state index contributed by atoms with van der Waals surface area (Å²) in [6.07, 6.45) is 8.28. The van der Waals surface area contributed by atoms with Crippen molar-refractivity contribution < 1.29 is 4.74 Å². The molecule has 1 N–H and O–H groups in total. The molecule has 106 valence electrons. The Kier molecular flexibility index (Phi) is 9.03. The lowest BCUT2D eigenvalue weighted by Gasteiger charge is -2.12. The molecule has 1 aromatic carbocycles. The Morgan fingerprint density at radius 2 is 2.00 bits per heavy atom. The third-order valence-electron chi connectivity index (χ3n) is 2.98. The van der Waals surface area contributed by atoms with Crippen LogP contribution in [-0.4, -0.2) is 25.8 Å². The van der Waals surface area contributed by atoms with Gasteiger partial charge in [-0.3, -0.25) is 0 Å². The Morgan fingerprint density at radius 1 is 1.21 bits per heavy atom. The summed E-state index contributed by atoms with van der Waals surface area (Å²) in [6.45, 7) is 7.05. The molecule has 0 spiro atoms. The minimum absolute atomic E-state index is 0.266. The van der Waals surface area contributed by atoms with E-state index in [-0.39, 0.29) is 6.10 Å². The van der Waals surface area contributed by atoms with Crippen molar-refractivity contribution in [1.29, 1.82) is 0 Å². The maximum Gasteiger partial charge on any atom is 0.0675 e. The molecule has 0 bridgehead atoms. The van der Waals surface area contributed by atoms with Gasteiger partial charge in [0.2, 0.25) is 0 Å². The molecule has 2 heteroatoms. The van der Waals surface area contributed by atoms with Gasteiger partial charge in [-0.05, 0) is 25.5 Å². The van der Waals surface area contributed by atoms with Crippen molar-refractivity contribution in [3.63, 3.8) is 0 Å². The lowest BCUT2D eigenvalue weighted by atomic mass is 10.2. The zero-order valence-electron chi connectivity index (χ0n) is 12.3. The van der Waals surface area contributed by atoms with Crippen molar-refractivity contribution >= 4 is 6.08 Å². The second-order valence-corrected chi connectivity index (χ2v) is 4.87. The van der Waals surface area contributed by atoms with Gasteiger partial charge in [-0.25, -0.2) is 0 Å². The van der Waals surface area contributed by atoms with Crippen molar-refractivity contribution in [1.82, 2.24) is 5.32 Å². The van der Waals surface area contributed by atoms with E-state index in [0.717, 1.165) is 13.1 Å². The Balaban J connectivity index is 2.04. The van der Waals surface area contributed by atoms with Crippen molar-refractivity contribution in [3.8, 4) is 0 Å². The van der Waals surface area contributed by atoms with Gasteiger partial charge in [0.15, 0.2) is 0 Å². The number of nitrogens with one attached hydrogen (secondary N) is 1. The Hall–Kier alpha value is -1.12. The highest BCUT2D eigenvalue weighted by molar-refractivity contribution is 5.48. The second kappa shape index (κ2) is 10.8. The average molecular weight is 261 g/mol. The van der Waals surface area contributed by atoms with Gasteiger partial charge < -0.3 is 10.1 Å². The molecule has 0 saturated heterocycles. The van der Waals surface area contributed by atoms with Gasteiger partial charge in [0, 0.05) is 6.54 Å². The summed E-state index contributed by atoms with van der Waals surface area (Å²) in [4.78, 5) is 0. The first-order valence-corrected chi connectivity index (χ1v) is 7.37. The smallest absolute Gasteiger partial charge is 0.0675 e. The van der Waals surface area contributed by atoms with Crippen molar-refractivity contribution in [2.45, 2.75) is 39.2 Å². The van der Waals surface area contributed by atoms with E-state index in [1.165, 1.54) is 24.8 Å². The van der Waals surface area contributed by atoms with Gasteiger partial charge >= 0.3 is 0 Å². The van der Waals surface area contributed by atoms with Crippen LogP contribution in [0.5, 0.6) is 0 Å². The standard InChI is InChI=1S/C17H27NO/c1-3-4-8-13-18-15-16(2)19-14-9-12-17-10-6-5-7-11-17/h5-7,9-12,16,18H,3-4,8,13-15H2,1-2H3. The van der Waals surface area contributed by atoms with Gasteiger partial charge in [-0.15, -0.1) is 0 Å². The van der Waals surface area contributed by atoms with Crippen molar-refractivity contribution in [2.75, 3.05) is 19.7 Å². The highest BCUT2D eigenvalue weighted by Gasteiger charge is 1.99. The lowest BCUT2D eigenvalue weighted by Crippen LogP contribution is -2.27. The van der Waals surface area contributed by atoms with Crippen LogP contribution in [0, 0.1) is 0 Å². The fourth-order valence-corrected chi connectivity index (χ4v) is 1.83. The van der Waals surface area contributed by atoms with Gasteiger partial charge in [-0.1, -0.05) is 62.2 Å². The fourth-order valence-electron chi connectivity index (χ4n) is 1.83. The monoisotopic (exact) mass is 261 g/mol. The molecule has 0 aliphatic rings. The minimum Gasteiger partial charge on any atom is -0.373 e. The SMILES string of the molecule is CCCCCNCC(C)OCC=Cc1ccccc1. The van der Waals surface area contributed by atoms with Crippen LogP contribution in [0.1, 0.15) is 38.7 Å². The van der Waals surface area contributed by atoms with Crippen LogP contribution in [-0.2, 0) is 4.74 Å². The quantitative estimate of drug-likeness (QED) is 0.645. The van der Waals surface area contributed by atoms with E-state index >= 15 is 0 Å². The van der Waals surface area contributed by atoms with Crippen LogP contribution in [0.3, 0.4) is 0 Å². The zero-order chi connectivity index (χ0) is 13.8. The van der Waals surface area contributed by atoms with Crippen molar-refractivity contribution in [3.05, 3.63) is 42.0 Å². The summed E-state index contributed by atoms with van der Waals surface area (Å²) in [5.74, 6) is 0. The van der Waals surface area contributed by atoms with Gasteiger partial charge in [-0.2, -0.15) is 0 Å². The third-order valence-corrected chi connectivity index (χ3v) is 2.98. The van der Waals surface area contributed by atoms with E-state index in [0.29, 0.717) is 6.61 Å². The molecule has 19 heavy (non-hydrogen) atoms. The molecular formula is C17H27NO. The molecular weight excluding hydrogens is 234 g/mol. The first kappa shape index (κ1) is 15.9. The van der Waals surface area contributed by atoms with E-state index in [2.05, 4.69) is 43.4 Å². The predicted molar refractivity (Wildman–Crippen MR) is 83.3 cm³/mol. The first-order valence-electron chi connectivity index (χ1n) is 7.37. The number of ether oxygens (including phenoxy) is 1. The molecule has 0 amide bonds. The lowest BCUT2D eigenvalue weighted by molar-refractivity contribution is 0.0882. The van der Waals surface area contributed by atoms with Gasteiger partial charge in [0.05, 0.1) is 12.7 Å². The number of benzene rings is 1. The van der Waals surface area contributed by atoms with E-state index in [1.807, 2.05) is 18.2 Å². The molecule has 0 radical (unpaired) electrons. The molecule has 1 aromatic rings. The van der Waals surface area contributed by atoms with Crippen molar-refractivity contribution in [2.24, 2.45) is 0 Å². The molecule has 0 heterocycles. The molecule has 1 rings (SSSR count). The topological polar surface area (TPSA) is 21.3 Å². The highest BCUT2D eigenvalue weighted by Crippen LogP contribution is 2.01. The second-order valence-electron chi connectivity index (χ2n) is 4.87. The summed E-state index contributed by atoms with van der Waals surface area (Å²) in [6, 6.07) is 10.3. The van der Waals surface area contributed by atoms with E-state index in [4.69, 9.17) is 4.74 Å². The molecule has 1 atom stereocenters. The maximum absolute atomic E-state index is 5.72. The Bertz CT molecular complexity index is 334. The molecule has 0 aliphatic carbocycles. The van der Waals surface area contributed by atoms with Crippen LogP contribution in [0.15, 0.2) is 36.4 Å². The van der Waals surface area contributed by atoms with Crippen LogP contribution in [0.4, 0.5) is 0 Å². The third kappa shape index (κ3) is 8.57. The first-order chi connectivity index (χ1) is 9.33. The summed E-state index contributed by atoms with van der Waals surface area (Å²) in [7, 11) is 0. The predicted octanol–water partition coefficient (Wildman–Crippen LogP) is 3.88. The maximum atomic E-state index is 5.72. The van der Waals surface area contributed by atoms with Crippen LogP contribution in [0.25, 0.3) is 6.08 Å². The highest BCUT2D eigenvalue weighted by atomic mass is 16.5. The molecule has 0 fully saturated rings. The van der Waals surface area contributed by atoms with Crippen LogP contribution < -0.4 is 5.32 Å². The summed E-state index contributed by atoms with van der Waals surface area (Å²) in [5.41, 5.74) is 1.22. The van der Waals surface area contributed by atoms with Crippen LogP contribution in [0.2, 0.25) is 0 Å². The molecule has 0 aromatic heterocycles. The largest absolute Gasteiger partial charge is 0.373 e. The molecule has 0 saturated carbocycles. The van der Waals surface area contributed by atoms with E-state index in [1.54, 1.807) is 0 Å².